The van der Waals surface area contributed by atoms with Gasteiger partial charge in [0, 0.05) is 24.2 Å². The Morgan fingerprint density at radius 2 is 1.79 bits per heavy atom. The van der Waals surface area contributed by atoms with Crippen LogP contribution in [0.4, 0.5) is 5.69 Å². The average molecular weight is 395 g/mol. The predicted octanol–water partition coefficient (Wildman–Crippen LogP) is 2.89. The zero-order valence-electron chi connectivity index (χ0n) is 17.3. The molecule has 152 valence electrons. The van der Waals surface area contributed by atoms with E-state index in [1.165, 1.54) is 17.7 Å². The van der Waals surface area contributed by atoms with Gasteiger partial charge in [-0.05, 0) is 58.9 Å². The van der Waals surface area contributed by atoms with Gasteiger partial charge in [-0.2, -0.15) is 5.10 Å². The molecule has 0 radical (unpaired) electrons. The predicted molar refractivity (Wildman–Crippen MR) is 111 cm³/mol. The molecule has 0 fully saturated rings. The fraction of sp³-hybridized carbons (Fsp3) is 0.381. The Balaban J connectivity index is 1.75. The van der Waals surface area contributed by atoms with E-state index >= 15 is 0 Å². The molecule has 3 rings (SSSR count). The molecule has 29 heavy (non-hydrogen) atoms. The normalized spacial score (nSPS) is 11.6. The number of aryl methyl sites for hydroxylation is 1. The Hall–Kier alpha value is -3.29. The molecule has 0 atom stereocenters. The highest BCUT2D eigenvalue weighted by molar-refractivity contribution is 5.95. The first-order valence-electron chi connectivity index (χ1n) is 9.44. The zero-order chi connectivity index (χ0) is 21.3. The van der Waals surface area contributed by atoms with Gasteiger partial charge in [0.15, 0.2) is 11.4 Å². The van der Waals surface area contributed by atoms with E-state index in [2.05, 4.69) is 15.4 Å². The molecule has 1 aromatic carbocycles. The third-order valence-electron chi connectivity index (χ3n) is 4.65. The van der Waals surface area contributed by atoms with Crippen molar-refractivity contribution in [2.24, 2.45) is 0 Å². The van der Waals surface area contributed by atoms with Crippen molar-refractivity contribution in [2.75, 3.05) is 5.32 Å². The van der Waals surface area contributed by atoms with E-state index in [4.69, 9.17) is 0 Å². The molecule has 0 aliphatic rings. The van der Waals surface area contributed by atoms with Gasteiger partial charge >= 0.3 is 0 Å². The van der Waals surface area contributed by atoms with Gasteiger partial charge in [-0.1, -0.05) is 0 Å². The van der Waals surface area contributed by atoms with Crippen LogP contribution in [0.1, 0.15) is 50.3 Å². The number of nitrogens with one attached hydrogen (secondary N) is 1. The third-order valence-corrected chi connectivity index (χ3v) is 4.65. The number of fused-ring (bicyclic) bond motifs is 1. The van der Waals surface area contributed by atoms with Crippen molar-refractivity contribution < 1.29 is 9.59 Å². The fourth-order valence-electron chi connectivity index (χ4n) is 3.09. The van der Waals surface area contributed by atoms with Crippen LogP contribution < -0.4 is 10.9 Å². The SMILES string of the molecule is CC(=O)c1ccc(NC(=O)CCn2c(C)nc3c(cnn3C(C)(C)C)c2=O)cc1. The van der Waals surface area contributed by atoms with Crippen LogP contribution in [0.2, 0.25) is 0 Å². The monoisotopic (exact) mass is 395 g/mol. The van der Waals surface area contributed by atoms with E-state index in [-0.39, 0.29) is 35.8 Å². The van der Waals surface area contributed by atoms with Crippen molar-refractivity contribution in [3.8, 4) is 0 Å². The topological polar surface area (TPSA) is 98.9 Å². The molecule has 1 N–H and O–H groups in total. The maximum atomic E-state index is 12.9. The summed E-state index contributed by atoms with van der Waals surface area (Å²) in [6.45, 7) is 9.44. The number of nitrogens with zero attached hydrogens (tertiary/aromatic N) is 4. The summed E-state index contributed by atoms with van der Waals surface area (Å²) in [6.07, 6.45) is 1.65. The van der Waals surface area contributed by atoms with Crippen LogP contribution in [0.25, 0.3) is 11.0 Å². The van der Waals surface area contributed by atoms with Crippen molar-refractivity contribution in [3.63, 3.8) is 0 Å². The number of carbonyl (C=O) groups excluding carboxylic acids is 2. The van der Waals surface area contributed by atoms with Crippen molar-refractivity contribution in [2.45, 2.75) is 53.1 Å². The molecule has 2 heterocycles. The maximum absolute atomic E-state index is 12.9. The van der Waals surface area contributed by atoms with Gasteiger partial charge in [-0.15, -0.1) is 0 Å². The number of hydrogen-bond acceptors (Lipinski definition) is 5. The summed E-state index contributed by atoms with van der Waals surface area (Å²) in [5.41, 5.74) is 1.23. The number of anilines is 1. The van der Waals surface area contributed by atoms with Crippen molar-refractivity contribution in [3.05, 3.63) is 52.2 Å². The molecule has 0 aliphatic carbocycles. The first-order valence-corrected chi connectivity index (χ1v) is 9.44. The molecule has 0 spiro atoms. The molecular weight excluding hydrogens is 370 g/mol. The molecule has 0 saturated heterocycles. The number of rotatable bonds is 5. The number of hydrogen-bond donors (Lipinski definition) is 1. The summed E-state index contributed by atoms with van der Waals surface area (Å²) in [7, 11) is 0. The molecule has 1 amide bonds. The van der Waals surface area contributed by atoms with Gasteiger partial charge in [0.1, 0.15) is 11.2 Å². The van der Waals surface area contributed by atoms with Gasteiger partial charge in [0.2, 0.25) is 5.91 Å². The number of carbonyl (C=O) groups is 2. The van der Waals surface area contributed by atoms with Crippen molar-refractivity contribution in [1.29, 1.82) is 0 Å². The summed E-state index contributed by atoms with van der Waals surface area (Å²) in [4.78, 5) is 41.0. The molecule has 0 saturated carbocycles. The Bertz CT molecular complexity index is 1130. The van der Waals surface area contributed by atoms with Crippen LogP contribution in [-0.4, -0.2) is 31.0 Å². The quantitative estimate of drug-likeness (QED) is 0.670. The zero-order valence-corrected chi connectivity index (χ0v) is 17.3. The second-order valence-corrected chi connectivity index (χ2v) is 8.01. The Kier molecular flexibility index (Phi) is 5.37. The highest BCUT2D eigenvalue weighted by Gasteiger charge is 2.21. The number of amides is 1. The lowest BCUT2D eigenvalue weighted by Crippen LogP contribution is -2.28. The smallest absolute Gasteiger partial charge is 0.264 e. The van der Waals surface area contributed by atoms with E-state index in [1.807, 2.05) is 20.8 Å². The Labute approximate surface area is 168 Å². The number of Topliss-reactive ketones (excluding diaryl/α,β-unsaturated/α-hetero) is 1. The maximum Gasteiger partial charge on any atom is 0.264 e. The highest BCUT2D eigenvalue weighted by Crippen LogP contribution is 2.18. The highest BCUT2D eigenvalue weighted by atomic mass is 16.2. The summed E-state index contributed by atoms with van der Waals surface area (Å²) in [6, 6.07) is 6.69. The molecule has 0 bridgehead atoms. The van der Waals surface area contributed by atoms with Gasteiger partial charge in [0.05, 0.1) is 11.7 Å². The van der Waals surface area contributed by atoms with Crippen molar-refractivity contribution >= 4 is 28.4 Å². The summed E-state index contributed by atoms with van der Waals surface area (Å²) in [5, 5.41) is 7.53. The van der Waals surface area contributed by atoms with Crippen LogP contribution >= 0.6 is 0 Å². The molecule has 0 aliphatic heterocycles. The minimum Gasteiger partial charge on any atom is -0.326 e. The van der Waals surface area contributed by atoms with Gasteiger partial charge in [-0.25, -0.2) is 9.67 Å². The van der Waals surface area contributed by atoms with Gasteiger partial charge < -0.3 is 5.32 Å². The summed E-state index contributed by atoms with van der Waals surface area (Å²) in [5.74, 6) is 0.278. The molecule has 8 nitrogen and oxygen atoms in total. The molecule has 0 unspecified atom stereocenters. The van der Waals surface area contributed by atoms with Gasteiger partial charge in [-0.3, -0.25) is 19.0 Å². The van der Waals surface area contributed by atoms with Crippen LogP contribution in [0.5, 0.6) is 0 Å². The van der Waals surface area contributed by atoms with E-state index in [1.54, 1.807) is 35.9 Å². The lowest BCUT2D eigenvalue weighted by Gasteiger charge is -2.20. The largest absolute Gasteiger partial charge is 0.326 e. The molecule has 3 aromatic rings. The lowest BCUT2D eigenvalue weighted by molar-refractivity contribution is -0.116. The number of aromatic nitrogens is 4. The van der Waals surface area contributed by atoms with E-state index in [0.29, 0.717) is 28.1 Å². The minimum absolute atomic E-state index is 0.0320. The van der Waals surface area contributed by atoms with E-state index in [0.717, 1.165) is 0 Å². The van der Waals surface area contributed by atoms with Crippen LogP contribution in [0.15, 0.2) is 35.3 Å². The minimum atomic E-state index is -0.294. The molecule has 8 heteroatoms. The third kappa shape index (κ3) is 4.26. The summed E-state index contributed by atoms with van der Waals surface area (Å²) < 4.78 is 3.23. The average Bonchev–Trinajstić information content (AvgIpc) is 3.06. The Morgan fingerprint density at radius 1 is 1.14 bits per heavy atom. The Morgan fingerprint density at radius 3 is 2.38 bits per heavy atom. The second-order valence-electron chi connectivity index (χ2n) is 8.01. The van der Waals surface area contributed by atoms with E-state index in [9.17, 15) is 14.4 Å². The fourth-order valence-corrected chi connectivity index (χ4v) is 3.09. The van der Waals surface area contributed by atoms with Gasteiger partial charge in [0.25, 0.3) is 5.56 Å². The van der Waals surface area contributed by atoms with E-state index < -0.39 is 0 Å². The summed E-state index contributed by atoms with van der Waals surface area (Å²) >= 11 is 0. The van der Waals surface area contributed by atoms with Crippen LogP contribution in [0.3, 0.4) is 0 Å². The standard InChI is InChI=1S/C21H25N5O3/c1-13(27)15-6-8-16(9-7-15)24-18(28)10-11-25-14(2)23-19-17(20(25)29)12-22-26(19)21(3,4)5/h6-9,12H,10-11H2,1-5H3,(H,24,28). The lowest BCUT2D eigenvalue weighted by atomic mass is 10.1. The van der Waals surface area contributed by atoms with Crippen LogP contribution in [-0.2, 0) is 16.9 Å². The first kappa shape index (κ1) is 20.4. The molecule has 2 aromatic heterocycles. The van der Waals surface area contributed by atoms with Crippen LogP contribution in [0, 0.1) is 6.92 Å². The first-order chi connectivity index (χ1) is 13.6. The van der Waals surface area contributed by atoms with Crippen molar-refractivity contribution in [1.82, 2.24) is 19.3 Å². The second kappa shape index (κ2) is 7.62. The molecular formula is C21H25N5O3. The number of benzene rings is 1. The number of ketones is 1.